The number of aromatic nitrogens is 3. The van der Waals surface area contributed by atoms with E-state index in [1.165, 1.54) is 0 Å². The van der Waals surface area contributed by atoms with Crippen LogP contribution in [0.3, 0.4) is 0 Å². The number of hydrogen-bond acceptors (Lipinski definition) is 5. The van der Waals surface area contributed by atoms with Gasteiger partial charge >= 0.3 is 0 Å². The van der Waals surface area contributed by atoms with Gasteiger partial charge in [0.25, 0.3) is 0 Å². The zero-order valence-corrected chi connectivity index (χ0v) is 13.9. The van der Waals surface area contributed by atoms with E-state index in [2.05, 4.69) is 29.8 Å². The molecule has 0 aromatic carbocycles. The summed E-state index contributed by atoms with van der Waals surface area (Å²) in [5.74, 6) is 2.84. The molecule has 3 rings (SSSR count). The van der Waals surface area contributed by atoms with Gasteiger partial charge in [0.05, 0.1) is 0 Å². The average molecular weight is 311 g/mol. The van der Waals surface area contributed by atoms with E-state index >= 15 is 0 Å². The highest BCUT2D eigenvalue weighted by Gasteiger charge is 2.20. The molecule has 23 heavy (non-hydrogen) atoms. The van der Waals surface area contributed by atoms with E-state index in [0.717, 1.165) is 55.4 Å². The minimum atomic E-state index is 0.374. The third kappa shape index (κ3) is 3.67. The molecule has 2 N–H and O–H groups in total. The Morgan fingerprint density at radius 2 is 1.87 bits per heavy atom. The van der Waals surface area contributed by atoms with Crippen molar-refractivity contribution in [3.05, 3.63) is 36.3 Å². The number of nitrogens with zero attached hydrogens (tertiary/aromatic N) is 4. The zero-order valence-electron chi connectivity index (χ0n) is 13.9. The molecular weight excluding hydrogens is 286 g/mol. The van der Waals surface area contributed by atoms with Gasteiger partial charge in [-0.3, -0.25) is 4.98 Å². The molecule has 0 amide bonds. The van der Waals surface area contributed by atoms with E-state index in [4.69, 9.17) is 15.7 Å². The smallest absolute Gasteiger partial charge is 0.161 e. The number of anilines is 1. The van der Waals surface area contributed by atoms with Crippen molar-refractivity contribution in [2.45, 2.75) is 32.6 Å². The number of hydrogen-bond donors (Lipinski definition) is 1. The Bertz CT molecular complexity index is 633. The molecule has 3 heterocycles. The molecule has 0 aliphatic carbocycles. The topological polar surface area (TPSA) is 67.9 Å². The summed E-state index contributed by atoms with van der Waals surface area (Å²) in [6.07, 6.45) is 5.85. The first-order valence-electron chi connectivity index (χ1n) is 8.41. The molecule has 1 saturated heterocycles. The Morgan fingerprint density at radius 1 is 1.17 bits per heavy atom. The van der Waals surface area contributed by atoms with Gasteiger partial charge in [0.15, 0.2) is 5.82 Å². The van der Waals surface area contributed by atoms with Gasteiger partial charge in [-0.15, -0.1) is 0 Å². The number of rotatable bonds is 4. The first-order chi connectivity index (χ1) is 11.2. The quantitative estimate of drug-likeness (QED) is 0.940. The van der Waals surface area contributed by atoms with Crippen molar-refractivity contribution in [3.63, 3.8) is 0 Å². The fourth-order valence-corrected chi connectivity index (χ4v) is 2.94. The fourth-order valence-electron chi connectivity index (χ4n) is 2.94. The summed E-state index contributed by atoms with van der Waals surface area (Å²) in [6.45, 7) is 7.17. The lowest BCUT2D eigenvalue weighted by atomic mass is 9.97. The van der Waals surface area contributed by atoms with E-state index < -0.39 is 0 Å². The van der Waals surface area contributed by atoms with Crippen molar-refractivity contribution < 1.29 is 0 Å². The fraction of sp³-hybridized carbons (Fsp3) is 0.500. The highest BCUT2D eigenvalue weighted by molar-refractivity contribution is 5.57. The van der Waals surface area contributed by atoms with Crippen LogP contribution in [0.25, 0.3) is 11.4 Å². The summed E-state index contributed by atoms with van der Waals surface area (Å²) in [5.41, 5.74) is 7.90. The SMILES string of the molecule is CC(C)c1cc(N2CCC(CN)CC2)nc(-c2ccncc2)n1. The molecule has 122 valence electrons. The largest absolute Gasteiger partial charge is 0.356 e. The predicted molar refractivity (Wildman–Crippen MR) is 93.3 cm³/mol. The minimum absolute atomic E-state index is 0.374. The highest BCUT2D eigenvalue weighted by atomic mass is 15.2. The van der Waals surface area contributed by atoms with Gasteiger partial charge in [-0.1, -0.05) is 13.8 Å². The summed E-state index contributed by atoms with van der Waals surface area (Å²) in [6, 6.07) is 6.06. The summed E-state index contributed by atoms with van der Waals surface area (Å²) in [7, 11) is 0. The minimum Gasteiger partial charge on any atom is -0.356 e. The van der Waals surface area contributed by atoms with Gasteiger partial charge in [0, 0.05) is 42.8 Å². The summed E-state index contributed by atoms with van der Waals surface area (Å²) in [5, 5.41) is 0. The maximum Gasteiger partial charge on any atom is 0.161 e. The molecule has 5 heteroatoms. The van der Waals surface area contributed by atoms with E-state index in [-0.39, 0.29) is 0 Å². The van der Waals surface area contributed by atoms with Gasteiger partial charge in [-0.2, -0.15) is 0 Å². The van der Waals surface area contributed by atoms with Gasteiger partial charge < -0.3 is 10.6 Å². The summed E-state index contributed by atoms with van der Waals surface area (Å²) >= 11 is 0. The van der Waals surface area contributed by atoms with Gasteiger partial charge in [-0.25, -0.2) is 9.97 Å². The second-order valence-corrected chi connectivity index (χ2v) is 6.53. The van der Waals surface area contributed by atoms with Crippen molar-refractivity contribution in [1.29, 1.82) is 0 Å². The number of nitrogens with two attached hydrogens (primary N) is 1. The van der Waals surface area contributed by atoms with Crippen LogP contribution in [0, 0.1) is 5.92 Å². The Morgan fingerprint density at radius 3 is 2.48 bits per heavy atom. The van der Waals surface area contributed by atoms with Crippen LogP contribution in [-0.2, 0) is 0 Å². The van der Waals surface area contributed by atoms with Crippen LogP contribution in [0.2, 0.25) is 0 Å². The van der Waals surface area contributed by atoms with E-state index in [1.807, 2.05) is 12.1 Å². The van der Waals surface area contributed by atoms with Crippen LogP contribution >= 0.6 is 0 Å². The molecule has 2 aromatic heterocycles. The predicted octanol–water partition coefficient (Wildman–Crippen LogP) is 2.84. The Balaban J connectivity index is 1.92. The first kappa shape index (κ1) is 15.9. The molecule has 0 saturated carbocycles. The molecule has 1 aliphatic heterocycles. The van der Waals surface area contributed by atoms with E-state index in [9.17, 15) is 0 Å². The van der Waals surface area contributed by atoms with Crippen molar-refractivity contribution in [2.24, 2.45) is 11.7 Å². The molecular formula is C18H25N5. The second-order valence-electron chi connectivity index (χ2n) is 6.53. The normalized spacial score (nSPS) is 16.1. The Hall–Kier alpha value is -2.01. The molecule has 0 bridgehead atoms. The lowest BCUT2D eigenvalue weighted by Crippen LogP contribution is -2.36. The molecule has 0 spiro atoms. The molecule has 1 fully saturated rings. The third-order valence-corrected chi connectivity index (χ3v) is 4.53. The van der Waals surface area contributed by atoms with Gasteiger partial charge in [-0.05, 0) is 43.4 Å². The average Bonchev–Trinajstić information content (AvgIpc) is 2.62. The van der Waals surface area contributed by atoms with Crippen molar-refractivity contribution in [3.8, 4) is 11.4 Å². The van der Waals surface area contributed by atoms with Gasteiger partial charge in [0.1, 0.15) is 5.82 Å². The Labute approximate surface area is 138 Å². The maximum atomic E-state index is 5.80. The van der Waals surface area contributed by atoms with Crippen LogP contribution in [0.15, 0.2) is 30.6 Å². The van der Waals surface area contributed by atoms with Crippen LogP contribution in [-0.4, -0.2) is 34.6 Å². The molecule has 2 aromatic rings. The first-order valence-corrected chi connectivity index (χ1v) is 8.41. The Kier molecular flexibility index (Phi) is 4.86. The van der Waals surface area contributed by atoms with Crippen LogP contribution in [0.5, 0.6) is 0 Å². The van der Waals surface area contributed by atoms with E-state index in [0.29, 0.717) is 11.8 Å². The molecule has 5 nitrogen and oxygen atoms in total. The van der Waals surface area contributed by atoms with Crippen LogP contribution in [0.1, 0.15) is 38.3 Å². The summed E-state index contributed by atoms with van der Waals surface area (Å²) in [4.78, 5) is 16.0. The number of pyridine rings is 1. The lowest BCUT2D eigenvalue weighted by molar-refractivity contribution is 0.413. The molecule has 0 atom stereocenters. The van der Waals surface area contributed by atoms with Crippen molar-refractivity contribution in [1.82, 2.24) is 15.0 Å². The van der Waals surface area contributed by atoms with Gasteiger partial charge in [0.2, 0.25) is 0 Å². The monoisotopic (exact) mass is 311 g/mol. The van der Waals surface area contributed by atoms with Crippen LogP contribution < -0.4 is 10.6 Å². The van der Waals surface area contributed by atoms with Crippen molar-refractivity contribution >= 4 is 5.82 Å². The van der Waals surface area contributed by atoms with E-state index in [1.54, 1.807) is 12.4 Å². The maximum absolute atomic E-state index is 5.80. The standard InChI is InChI=1S/C18H25N5/c1-13(2)16-11-17(23-9-5-14(12-19)6-10-23)22-18(21-16)15-3-7-20-8-4-15/h3-4,7-8,11,13-14H,5-6,9-10,12,19H2,1-2H3. The number of piperidine rings is 1. The molecule has 1 aliphatic rings. The summed E-state index contributed by atoms with van der Waals surface area (Å²) < 4.78 is 0. The molecule has 0 unspecified atom stereocenters. The third-order valence-electron chi connectivity index (χ3n) is 4.53. The second kappa shape index (κ2) is 7.04. The highest BCUT2D eigenvalue weighted by Crippen LogP contribution is 2.26. The van der Waals surface area contributed by atoms with Crippen LogP contribution in [0.4, 0.5) is 5.82 Å². The zero-order chi connectivity index (χ0) is 16.2. The lowest BCUT2D eigenvalue weighted by Gasteiger charge is -2.32. The molecule has 0 radical (unpaired) electrons. The van der Waals surface area contributed by atoms with Crippen molar-refractivity contribution in [2.75, 3.05) is 24.5 Å².